The molecule has 1 fully saturated rings. The SMILES string of the molecule is CC(C)Oc1cncc(N(C)C2CCCCC2N)n1. The summed E-state index contributed by atoms with van der Waals surface area (Å²) in [5.74, 6) is 1.41. The van der Waals surface area contributed by atoms with Gasteiger partial charge in [0, 0.05) is 19.1 Å². The Bertz CT molecular complexity index is 410. The van der Waals surface area contributed by atoms with Gasteiger partial charge in [-0.2, -0.15) is 4.98 Å². The van der Waals surface area contributed by atoms with E-state index < -0.39 is 0 Å². The average Bonchev–Trinajstić information content (AvgIpc) is 2.38. The molecule has 1 aliphatic carbocycles. The summed E-state index contributed by atoms with van der Waals surface area (Å²) in [6.45, 7) is 3.96. The summed E-state index contributed by atoms with van der Waals surface area (Å²) in [5, 5.41) is 0. The summed E-state index contributed by atoms with van der Waals surface area (Å²) >= 11 is 0. The number of nitrogens with zero attached hydrogens (tertiary/aromatic N) is 3. The van der Waals surface area contributed by atoms with Crippen molar-refractivity contribution in [1.29, 1.82) is 0 Å². The maximum atomic E-state index is 6.21. The zero-order valence-corrected chi connectivity index (χ0v) is 12.0. The molecule has 0 spiro atoms. The fourth-order valence-corrected chi connectivity index (χ4v) is 2.60. The van der Waals surface area contributed by atoms with Gasteiger partial charge in [0.1, 0.15) is 0 Å². The van der Waals surface area contributed by atoms with E-state index in [4.69, 9.17) is 10.5 Å². The van der Waals surface area contributed by atoms with Gasteiger partial charge < -0.3 is 15.4 Å². The van der Waals surface area contributed by atoms with Gasteiger partial charge in [0.05, 0.1) is 18.5 Å². The maximum Gasteiger partial charge on any atom is 0.234 e. The van der Waals surface area contributed by atoms with Crippen molar-refractivity contribution < 1.29 is 4.74 Å². The van der Waals surface area contributed by atoms with E-state index in [1.54, 1.807) is 12.4 Å². The fourth-order valence-electron chi connectivity index (χ4n) is 2.60. The van der Waals surface area contributed by atoms with Crippen LogP contribution in [0.2, 0.25) is 0 Å². The van der Waals surface area contributed by atoms with E-state index in [2.05, 4.69) is 14.9 Å². The first-order chi connectivity index (χ1) is 9.08. The molecule has 0 aliphatic heterocycles. The van der Waals surface area contributed by atoms with Crippen LogP contribution in [-0.2, 0) is 0 Å². The van der Waals surface area contributed by atoms with Gasteiger partial charge in [-0.3, -0.25) is 4.98 Å². The van der Waals surface area contributed by atoms with Gasteiger partial charge in [0.25, 0.3) is 0 Å². The van der Waals surface area contributed by atoms with E-state index in [1.165, 1.54) is 12.8 Å². The molecule has 2 rings (SSSR count). The van der Waals surface area contributed by atoms with Crippen molar-refractivity contribution in [3.05, 3.63) is 12.4 Å². The first-order valence-electron chi connectivity index (χ1n) is 7.05. The van der Waals surface area contributed by atoms with Crippen LogP contribution >= 0.6 is 0 Å². The second-order valence-electron chi connectivity index (χ2n) is 5.51. The second kappa shape index (κ2) is 6.19. The number of anilines is 1. The van der Waals surface area contributed by atoms with Crippen molar-refractivity contribution in [2.45, 2.75) is 57.7 Å². The minimum atomic E-state index is 0.104. The number of likely N-dealkylation sites (N-methyl/N-ethyl adjacent to an activating group) is 1. The van der Waals surface area contributed by atoms with E-state index >= 15 is 0 Å². The van der Waals surface area contributed by atoms with E-state index in [-0.39, 0.29) is 12.1 Å². The molecule has 1 aromatic rings. The maximum absolute atomic E-state index is 6.21. The van der Waals surface area contributed by atoms with Crippen LogP contribution in [0.4, 0.5) is 5.82 Å². The molecule has 1 heterocycles. The summed E-state index contributed by atoms with van der Waals surface area (Å²) in [6, 6.07) is 0.563. The van der Waals surface area contributed by atoms with Crippen LogP contribution < -0.4 is 15.4 Å². The van der Waals surface area contributed by atoms with Crippen molar-refractivity contribution in [3.8, 4) is 5.88 Å². The Morgan fingerprint density at radius 1 is 1.32 bits per heavy atom. The highest BCUT2D eigenvalue weighted by Gasteiger charge is 2.26. The molecule has 0 bridgehead atoms. The number of rotatable bonds is 4. The Hall–Kier alpha value is -1.36. The quantitative estimate of drug-likeness (QED) is 0.900. The van der Waals surface area contributed by atoms with Crippen molar-refractivity contribution in [2.24, 2.45) is 5.73 Å². The minimum Gasteiger partial charge on any atom is -0.474 e. The molecule has 5 nitrogen and oxygen atoms in total. The van der Waals surface area contributed by atoms with Crippen LogP contribution in [0, 0.1) is 0 Å². The van der Waals surface area contributed by atoms with Gasteiger partial charge in [-0.1, -0.05) is 12.8 Å². The molecule has 2 unspecified atom stereocenters. The van der Waals surface area contributed by atoms with E-state index in [0.29, 0.717) is 11.9 Å². The fraction of sp³-hybridized carbons (Fsp3) is 0.714. The minimum absolute atomic E-state index is 0.104. The van der Waals surface area contributed by atoms with Crippen molar-refractivity contribution in [2.75, 3.05) is 11.9 Å². The van der Waals surface area contributed by atoms with E-state index in [9.17, 15) is 0 Å². The smallest absolute Gasteiger partial charge is 0.234 e. The summed E-state index contributed by atoms with van der Waals surface area (Å²) < 4.78 is 5.59. The molecule has 19 heavy (non-hydrogen) atoms. The lowest BCUT2D eigenvalue weighted by molar-refractivity contribution is 0.231. The molecular weight excluding hydrogens is 240 g/mol. The summed E-state index contributed by atoms with van der Waals surface area (Å²) in [6.07, 6.45) is 8.20. The Morgan fingerprint density at radius 3 is 2.74 bits per heavy atom. The summed E-state index contributed by atoms with van der Waals surface area (Å²) in [7, 11) is 2.04. The predicted molar refractivity (Wildman–Crippen MR) is 76.4 cm³/mol. The van der Waals surface area contributed by atoms with Gasteiger partial charge in [0.2, 0.25) is 5.88 Å². The molecule has 0 radical (unpaired) electrons. The third-order valence-electron chi connectivity index (χ3n) is 3.60. The second-order valence-corrected chi connectivity index (χ2v) is 5.51. The number of nitrogens with two attached hydrogens (primary N) is 1. The van der Waals surface area contributed by atoms with Crippen LogP contribution in [-0.4, -0.2) is 35.2 Å². The molecular formula is C14H24N4O. The van der Waals surface area contributed by atoms with Gasteiger partial charge in [0.15, 0.2) is 5.82 Å². The van der Waals surface area contributed by atoms with Gasteiger partial charge in [-0.25, -0.2) is 0 Å². The lowest BCUT2D eigenvalue weighted by Crippen LogP contribution is -2.48. The molecule has 0 amide bonds. The average molecular weight is 264 g/mol. The van der Waals surface area contributed by atoms with E-state index in [0.717, 1.165) is 18.7 Å². The Balaban J connectivity index is 2.11. The highest BCUT2D eigenvalue weighted by molar-refractivity contribution is 5.38. The molecule has 1 saturated carbocycles. The van der Waals surface area contributed by atoms with Gasteiger partial charge >= 0.3 is 0 Å². The van der Waals surface area contributed by atoms with Gasteiger partial charge in [-0.05, 0) is 26.7 Å². The lowest BCUT2D eigenvalue weighted by Gasteiger charge is -2.36. The normalized spacial score (nSPS) is 23.4. The Morgan fingerprint density at radius 2 is 2.05 bits per heavy atom. The molecule has 1 aromatic heterocycles. The largest absolute Gasteiger partial charge is 0.474 e. The van der Waals surface area contributed by atoms with Crippen LogP contribution in [0.3, 0.4) is 0 Å². The molecule has 0 aromatic carbocycles. The highest BCUT2D eigenvalue weighted by atomic mass is 16.5. The molecule has 0 saturated heterocycles. The summed E-state index contributed by atoms with van der Waals surface area (Å²) in [5.41, 5.74) is 6.21. The van der Waals surface area contributed by atoms with Crippen molar-refractivity contribution in [1.82, 2.24) is 9.97 Å². The zero-order chi connectivity index (χ0) is 13.8. The standard InChI is InChI=1S/C14H24N4O/c1-10(2)19-14-9-16-8-13(17-14)18(3)12-7-5-4-6-11(12)15/h8-12H,4-7,15H2,1-3H3. The molecule has 1 aliphatic rings. The topological polar surface area (TPSA) is 64.3 Å². The summed E-state index contributed by atoms with van der Waals surface area (Å²) in [4.78, 5) is 10.9. The van der Waals surface area contributed by atoms with Crippen LogP contribution in [0.15, 0.2) is 12.4 Å². The lowest BCUT2D eigenvalue weighted by atomic mass is 9.90. The molecule has 2 atom stereocenters. The van der Waals surface area contributed by atoms with E-state index in [1.807, 2.05) is 20.9 Å². The number of hydrogen-bond donors (Lipinski definition) is 1. The third-order valence-corrected chi connectivity index (χ3v) is 3.60. The third kappa shape index (κ3) is 3.56. The van der Waals surface area contributed by atoms with Crippen LogP contribution in [0.25, 0.3) is 0 Å². The first-order valence-corrected chi connectivity index (χ1v) is 7.05. The highest BCUT2D eigenvalue weighted by Crippen LogP contribution is 2.25. The molecule has 5 heteroatoms. The molecule has 106 valence electrons. The molecule has 2 N–H and O–H groups in total. The number of ether oxygens (including phenoxy) is 1. The first kappa shape index (κ1) is 14.1. The Labute approximate surface area is 115 Å². The monoisotopic (exact) mass is 264 g/mol. The number of aromatic nitrogens is 2. The Kier molecular flexibility index (Phi) is 4.58. The van der Waals surface area contributed by atoms with Crippen molar-refractivity contribution in [3.63, 3.8) is 0 Å². The van der Waals surface area contributed by atoms with Crippen molar-refractivity contribution >= 4 is 5.82 Å². The van der Waals surface area contributed by atoms with Crippen LogP contribution in [0.1, 0.15) is 39.5 Å². The number of hydrogen-bond acceptors (Lipinski definition) is 5. The van der Waals surface area contributed by atoms with Gasteiger partial charge in [-0.15, -0.1) is 0 Å². The zero-order valence-electron chi connectivity index (χ0n) is 12.0. The predicted octanol–water partition coefficient (Wildman–Crippen LogP) is 1.97. The van der Waals surface area contributed by atoms with Crippen LogP contribution in [0.5, 0.6) is 5.88 Å².